The van der Waals surface area contributed by atoms with E-state index in [1.165, 1.54) is 18.6 Å². The second-order valence-corrected chi connectivity index (χ2v) is 8.42. The Morgan fingerprint density at radius 3 is 2.57 bits per heavy atom. The van der Waals surface area contributed by atoms with E-state index in [-0.39, 0.29) is 18.1 Å². The fourth-order valence-electron chi connectivity index (χ4n) is 4.02. The Labute approximate surface area is 212 Å². The van der Waals surface area contributed by atoms with E-state index in [2.05, 4.69) is 15.4 Å². The van der Waals surface area contributed by atoms with Crippen molar-refractivity contribution >= 4 is 28.3 Å². The van der Waals surface area contributed by atoms with Crippen LogP contribution in [-0.2, 0) is 11.3 Å². The van der Waals surface area contributed by atoms with Gasteiger partial charge in [0.1, 0.15) is 23.8 Å². The minimum atomic E-state index is -0.493. The van der Waals surface area contributed by atoms with Crippen LogP contribution in [0.25, 0.3) is 16.7 Å². The molecule has 10 heteroatoms. The average Bonchev–Trinajstić information content (AvgIpc) is 3.22. The molecule has 0 saturated heterocycles. The van der Waals surface area contributed by atoms with Crippen molar-refractivity contribution < 1.29 is 19.0 Å². The van der Waals surface area contributed by atoms with Crippen LogP contribution in [0, 0.1) is 13.8 Å². The number of para-hydroxylation sites is 2. The molecule has 1 N–H and O–H groups in total. The lowest BCUT2D eigenvalue weighted by atomic mass is 10.1. The molecule has 5 rings (SSSR count). The minimum Gasteiger partial charge on any atom is -0.497 e. The third-order valence-corrected chi connectivity index (χ3v) is 6.11. The first-order valence-corrected chi connectivity index (χ1v) is 11.5. The summed E-state index contributed by atoms with van der Waals surface area (Å²) >= 11 is 0. The first-order valence-electron chi connectivity index (χ1n) is 11.5. The summed E-state index contributed by atoms with van der Waals surface area (Å²) in [5, 5.41) is 7.19. The third-order valence-electron chi connectivity index (χ3n) is 6.11. The van der Waals surface area contributed by atoms with Crippen molar-refractivity contribution in [1.82, 2.24) is 19.2 Å². The van der Waals surface area contributed by atoms with Crippen LogP contribution in [0.3, 0.4) is 0 Å². The highest BCUT2D eigenvalue weighted by Gasteiger charge is 2.20. The predicted molar refractivity (Wildman–Crippen MR) is 139 cm³/mol. The van der Waals surface area contributed by atoms with Gasteiger partial charge in [-0.05, 0) is 55.3 Å². The van der Waals surface area contributed by atoms with Gasteiger partial charge in [0, 0.05) is 6.07 Å². The van der Waals surface area contributed by atoms with E-state index in [4.69, 9.17) is 14.2 Å². The Balaban J connectivity index is 1.55. The summed E-state index contributed by atoms with van der Waals surface area (Å²) in [5.74, 6) is 1.31. The lowest BCUT2D eigenvalue weighted by Crippen LogP contribution is -2.28. The molecule has 1 amide bonds. The summed E-state index contributed by atoms with van der Waals surface area (Å²) in [6.07, 6.45) is 0. The normalized spacial score (nSPS) is 11.0. The molecule has 0 fully saturated rings. The van der Waals surface area contributed by atoms with Crippen molar-refractivity contribution in [2.75, 3.05) is 19.5 Å². The molecule has 2 aromatic heterocycles. The number of hydrogen-bond acceptors (Lipinski definition) is 7. The van der Waals surface area contributed by atoms with Crippen LogP contribution in [0.15, 0.2) is 65.5 Å². The summed E-state index contributed by atoms with van der Waals surface area (Å²) in [6, 6.07) is 17.9. The van der Waals surface area contributed by atoms with Gasteiger partial charge in [0.05, 0.1) is 30.9 Å². The van der Waals surface area contributed by atoms with E-state index in [1.807, 2.05) is 38.1 Å². The van der Waals surface area contributed by atoms with E-state index in [1.54, 1.807) is 36.4 Å². The standard InChI is InChI=1S/C27H25N5O5/c1-16-8-7-11-22(17(16)2)37-26-25-30-31(27(34)32(25)21-10-6-5-9-19(21)29-26)15-24(33)28-20-14-18(35-3)12-13-23(20)36-4/h5-14H,15H2,1-4H3,(H,28,33). The molecule has 188 valence electrons. The van der Waals surface area contributed by atoms with Crippen molar-refractivity contribution in [3.8, 4) is 23.1 Å². The van der Waals surface area contributed by atoms with Crippen molar-refractivity contribution in [2.24, 2.45) is 0 Å². The first kappa shape index (κ1) is 23.9. The molecule has 0 atom stereocenters. The number of aromatic nitrogens is 4. The number of methoxy groups -OCH3 is 2. The number of carbonyl (C=O) groups is 1. The number of fused-ring (bicyclic) bond motifs is 3. The first-order chi connectivity index (χ1) is 17.9. The van der Waals surface area contributed by atoms with E-state index < -0.39 is 11.6 Å². The molecule has 0 spiro atoms. The Bertz CT molecular complexity index is 1710. The van der Waals surface area contributed by atoms with Crippen LogP contribution in [0.2, 0.25) is 0 Å². The molecule has 0 aliphatic carbocycles. The number of hydrogen-bond donors (Lipinski definition) is 1. The molecule has 3 aromatic carbocycles. The monoisotopic (exact) mass is 499 g/mol. The van der Waals surface area contributed by atoms with E-state index in [9.17, 15) is 9.59 Å². The van der Waals surface area contributed by atoms with Gasteiger partial charge in [0.15, 0.2) is 0 Å². The molecule has 0 aliphatic rings. The fraction of sp³-hybridized carbons (Fsp3) is 0.185. The maximum atomic E-state index is 13.4. The number of ether oxygens (including phenoxy) is 3. The minimum absolute atomic E-state index is 0.165. The molecule has 0 saturated carbocycles. The SMILES string of the molecule is COc1ccc(OC)c(NC(=O)Cn2nc3c(Oc4cccc(C)c4C)nc4ccccc4n3c2=O)c1. The summed E-state index contributed by atoms with van der Waals surface area (Å²) in [4.78, 5) is 31.0. The third kappa shape index (κ3) is 4.44. The van der Waals surface area contributed by atoms with Gasteiger partial charge in [0.2, 0.25) is 11.6 Å². The van der Waals surface area contributed by atoms with Crippen LogP contribution in [0.4, 0.5) is 5.69 Å². The number of anilines is 1. The van der Waals surface area contributed by atoms with Gasteiger partial charge in [0.25, 0.3) is 5.88 Å². The molecular formula is C27H25N5O5. The second-order valence-electron chi connectivity index (χ2n) is 8.42. The lowest BCUT2D eigenvalue weighted by Gasteiger charge is -2.11. The van der Waals surface area contributed by atoms with Crippen molar-refractivity contribution in [2.45, 2.75) is 20.4 Å². The van der Waals surface area contributed by atoms with Crippen molar-refractivity contribution in [3.05, 3.63) is 82.3 Å². The molecule has 0 aliphatic heterocycles. The summed E-state index contributed by atoms with van der Waals surface area (Å²) in [5.41, 5.74) is 3.24. The van der Waals surface area contributed by atoms with Gasteiger partial charge in [-0.2, -0.15) is 0 Å². The van der Waals surface area contributed by atoms with Crippen molar-refractivity contribution in [1.29, 1.82) is 0 Å². The molecule has 2 heterocycles. The zero-order valence-corrected chi connectivity index (χ0v) is 20.8. The number of carbonyl (C=O) groups excluding carboxylic acids is 1. The van der Waals surface area contributed by atoms with Gasteiger partial charge < -0.3 is 19.5 Å². The maximum Gasteiger partial charge on any atom is 0.351 e. The van der Waals surface area contributed by atoms with Gasteiger partial charge in [-0.25, -0.2) is 18.9 Å². The molecule has 10 nitrogen and oxygen atoms in total. The van der Waals surface area contributed by atoms with Gasteiger partial charge >= 0.3 is 5.69 Å². The van der Waals surface area contributed by atoms with E-state index in [0.717, 1.165) is 15.8 Å². The van der Waals surface area contributed by atoms with Crippen LogP contribution < -0.4 is 25.2 Å². The highest BCUT2D eigenvalue weighted by atomic mass is 16.5. The number of rotatable bonds is 7. The number of aryl methyl sites for hydroxylation is 1. The summed E-state index contributed by atoms with van der Waals surface area (Å²) in [6.45, 7) is 3.60. The summed E-state index contributed by atoms with van der Waals surface area (Å²) < 4.78 is 19.2. The zero-order chi connectivity index (χ0) is 26.1. The molecule has 0 radical (unpaired) electrons. The van der Waals surface area contributed by atoms with Gasteiger partial charge in [-0.15, -0.1) is 5.10 Å². The fourth-order valence-corrected chi connectivity index (χ4v) is 4.02. The van der Waals surface area contributed by atoms with E-state index >= 15 is 0 Å². The van der Waals surface area contributed by atoms with Gasteiger partial charge in [-0.3, -0.25) is 4.79 Å². The zero-order valence-electron chi connectivity index (χ0n) is 20.8. The second kappa shape index (κ2) is 9.65. The Kier molecular flexibility index (Phi) is 6.22. The topological polar surface area (TPSA) is 109 Å². The molecule has 0 bridgehead atoms. The van der Waals surface area contributed by atoms with Crippen LogP contribution in [0.1, 0.15) is 11.1 Å². The number of amides is 1. The Morgan fingerprint density at radius 2 is 1.78 bits per heavy atom. The number of benzene rings is 3. The smallest absolute Gasteiger partial charge is 0.351 e. The van der Waals surface area contributed by atoms with Crippen LogP contribution >= 0.6 is 0 Å². The number of nitrogens with zero attached hydrogens (tertiary/aromatic N) is 4. The van der Waals surface area contributed by atoms with Gasteiger partial charge in [-0.1, -0.05) is 24.3 Å². The molecule has 37 heavy (non-hydrogen) atoms. The highest BCUT2D eigenvalue weighted by Crippen LogP contribution is 2.30. The van der Waals surface area contributed by atoms with Crippen LogP contribution in [0.5, 0.6) is 23.1 Å². The largest absolute Gasteiger partial charge is 0.497 e. The molecule has 5 aromatic rings. The lowest BCUT2D eigenvalue weighted by molar-refractivity contribution is -0.117. The Morgan fingerprint density at radius 1 is 0.973 bits per heavy atom. The quantitative estimate of drug-likeness (QED) is 0.359. The maximum absolute atomic E-state index is 13.4. The number of nitrogens with one attached hydrogen (secondary N) is 1. The Hall–Kier alpha value is -4.86. The molecular weight excluding hydrogens is 474 g/mol. The van der Waals surface area contributed by atoms with Crippen molar-refractivity contribution in [3.63, 3.8) is 0 Å². The summed E-state index contributed by atoms with van der Waals surface area (Å²) in [7, 11) is 3.03. The average molecular weight is 500 g/mol. The van der Waals surface area contributed by atoms with E-state index in [0.29, 0.717) is 34.0 Å². The molecule has 0 unspecified atom stereocenters. The van der Waals surface area contributed by atoms with Crippen LogP contribution in [-0.4, -0.2) is 39.3 Å². The highest BCUT2D eigenvalue weighted by molar-refractivity contribution is 5.92. The predicted octanol–water partition coefficient (Wildman–Crippen LogP) is 4.11.